The third kappa shape index (κ3) is 7.30. The molecule has 0 radical (unpaired) electrons. The minimum atomic E-state index is -3.80. The van der Waals surface area contributed by atoms with E-state index in [0.717, 1.165) is 0 Å². The highest BCUT2D eigenvalue weighted by Crippen LogP contribution is 2.16. The molecule has 10 heteroatoms. The lowest BCUT2D eigenvalue weighted by molar-refractivity contribution is -0.124. The van der Waals surface area contributed by atoms with Gasteiger partial charge in [-0.3, -0.25) is 9.59 Å². The number of carbonyl (C=O) groups is 3. The van der Waals surface area contributed by atoms with Gasteiger partial charge in [0.25, 0.3) is 0 Å². The van der Waals surface area contributed by atoms with Crippen LogP contribution in [0, 0.1) is 5.92 Å². The molecular weight excluding hydrogens is 408 g/mol. The molecule has 0 bridgehead atoms. The summed E-state index contributed by atoms with van der Waals surface area (Å²) >= 11 is 0. The fraction of sp³-hybridized carbons (Fsp3) is 0.250. The average molecular weight is 433 g/mol. The second-order valence-corrected chi connectivity index (χ2v) is 8.46. The average Bonchev–Trinajstić information content (AvgIpc) is 2.67. The first-order valence-electron chi connectivity index (χ1n) is 9.18. The number of rotatable bonds is 8. The van der Waals surface area contributed by atoms with E-state index in [2.05, 4.69) is 16.0 Å². The molecule has 0 atom stereocenters. The molecule has 0 saturated carbocycles. The molecule has 5 N–H and O–H groups in total. The largest absolute Gasteiger partial charge is 0.326 e. The van der Waals surface area contributed by atoms with E-state index in [1.54, 1.807) is 38.1 Å². The number of hydrogen-bond donors (Lipinski definition) is 4. The number of nitrogens with two attached hydrogens (primary N) is 1. The number of benzene rings is 2. The fourth-order valence-electron chi connectivity index (χ4n) is 2.41. The molecule has 3 amide bonds. The maximum Gasteiger partial charge on any atom is 0.323 e. The molecule has 0 fully saturated rings. The van der Waals surface area contributed by atoms with Gasteiger partial charge in [0.05, 0.1) is 4.90 Å². The summed E-state index contributed by atoms with van der Waals surface area (Å²) in [5, 5.41) is 12.9. The van der Waals surface area contributed by atoms with E-state index in [1.165, 1.54) is 24.3 Å². The zero-order chi connectivity index (χ0) is 22.3. The van der Waals surface area contributed by atoms with Gasteiger partial charge in [0.1, 0.15) is 5.78 Å². The van der Waals surface area contributed by atoms with Gasteiger partial charge in [-0.2, -0.15) is 0 Å². The first-order chi connectivity index (χ1) is 14.0. The second kappa shape index (κ2) is 9.99. The highest BCUT2D eigenvalue weighted by molar-refractivity contribution is 7.89. The quantitative estimate of drug-likeness (QED) is 0.506. The number of sulfonamides is 1. The number of hydrogen-bond acceptors (Lipinski definition) is 5. The molecule has 2 aromatic carbocycles. The van der Waals surface area contributed by atoms with Crippen molar-refractivity contribution in [2.24, 2.45) is 11.1 Å². The van der Waals surface area contributed by atoms with E-state index in [1.807, 2.05) is 0 Å². The highest BCUT2D eigenvalue weighted by Gasteiger charge is 2.11. The van der Waals surface area contributed by atoms with E-state index in [4.69, 9.17) is 5.14 Å². The van der Waals surface area contributed by atoms with Crippen LogP contribution in [0.4, 0.5) is 21.9 Å². The Morgan fingerprint density at radius 1 is 0.800 bits per heavy atom. The summed E-state index contributed by atoms with van der Waals surface area (Å²) in [6.45, 7) is 3.59. The molecule has 0 aliphatic heterocycles. The molecule has 2 rings (SSSR count). The molecule has 2 aromatic rings. The maximum absolute atomic E-state index is 12.1. The van der Waals surface area contributed by atoms with Crippen molar-refractivity contribution >= 4 is 44.8 Å². The zero-order valence-electron chi connectivity index (χ0n) is 16.6. The van der Waals surface area contributed by atoms with Gasteiger partial charge in [0.15, 0.2) is 0 Å². The number of carbonyl (C=O) groups excluding carboxylic acids is 3. The van der Waals surface area contributed by atoms with Crippen LogP contribution < -0.4 is 21.1 Å². The van der Waals surface area contributed by atoms with Crippen LogP contribution in [0.15, 0.2) is 53.4 Å². The van der Waals surface area contributed by atoms with E-state index in [-0.39, 0.29) is 35.3 Å². The molecule has 9 nitrogen and oxygen atoms in total. The SMILES string of the molecule is CC(C)C(=O)CCC(=O)Nc1ccc(NC(=O)Nc2ccc(S(N)(=O)=O)cc2)cc1. The molecule has 0 aromatic heterocycles. The molecule has 0 spiro atoms. The van der Waals surface area contributed by atoms with Crippen LogP contribution in [0.25, 0.3) is 0 Å². The number of primary sulfonamides is 1. The summed E-state index contributed by atoms with van der Waals surface area (Å²) in [5.41, 5.74) is 1.42. The highest BCUT2D eigenvalue weighted by atomic mass is 32.2. The summed E-state index contributed by atoms with van der Waals surface area (Å²) in [5.74, 6) is -0.318. The second-order valence-electron chi connectivity index (χ2n) is 6.90. The lowest BCUT2D eigenvalue weighted by Crippen LogP contribution is -2.19. The van der Waals surface area contributed by atoms with Crippen molar-refractivity contribution in [3.8, 4) is 0 Å². The third-order valence-corrected chi connectivity index (χ3v) is 5.04. The van der Waals surface area contributed by atoms with E-state index < -0.39 is 16.1 Å². The Labute approximate surface area is 175 Å². The van der Waals surface area contributed by atoms with Gasteiger partial charge in [-0.25, -0.2) is 18.4 Å². The van der Waals surface area contributed by atoms with Crippen LogP contribution in [-0.2, 0) is 19.6 Å². The predicted octanol–water partition coefficient (Wildman–Crippen LogP) is 2.92. The van der Waals surface area contributed by atoms with E-state index in [0.29, 0.717) is 17.1 Å². The van der Waals surface area contributed by atoms with Crippen LogP contribution in [0.2, 0.25) is 0 Å². The van der Waals surface area contributed by atoms with Gasteiger partial charge >= 0.3 is 6.03 Å². The van der Waals surface area contributed by atoms with Crippen LogP contribution in [0.5, 0.6) is 0 Å². The number of urea groups is 1. The Balaban J connectivity index is 1.85. The molecule has 30 heavy (non-hydrogen) atoms. The summed E-state index contributed by atoms with van der Waals surface area (Å²) in [6.07, 6.45) is 0.311. The Morgan fingerprint density at radius 2 is 1.23 bits per heavy atom. The lowest BCUT2D eigenvalue weighted by Gasteiger charge is -2.10. The molecule has 0 saturated heterocycles. The van der Waals surface area contributed by atoms with Gasteiger partial charge in [-0.05, 0) is 48.5 Å². The van der Waals surface area contributed by atoms with Crippen molar-refractivity contribution in [1.29, 1.82) is 0 Å². The Morgan fingerprint density at radius 3 is 1.67 bits per heavy atom. The Bertz CT molecular complexity index is 1020. The van der Waals surface area contributed by atoms with Crippen molar-refractivity contribution in [1.82, 2.24) is 0 Å². The van der Waals surface area contributed by atoms with E-state index in [9.17, 15) is 22.8 Å². The topological polar surface area (TPSA) is 147 Å². The van der Waals surface area contributed by atoms with E-state index >= 15 is 0 Å². The van der Waals surface area contributed by atoms with Crippen LogP contribution in [0.3, 0.4) is 0 Å². The van der Waals surface area contributed by atoms with Crippen molar-refractivity contribution in [3.63, 3.8) is 0 Å². The van der Waals surface area contributed by atoms with Gasteiger partial charge < -0.3 is 16.0 Å². The van der Waals surface area contributed by atoms with Crippen LogP contribution in [-0.4, -0.2) is 26.1 Å². The summed E-state index contributed by atoms with van der Waals surface area (Å²) in [4.78, 5) is 35.5. The minimum absolute atomic E-state index is 0.0370. The summed E-state index contributed by atoms with van der Waals surface area (Å²) < 4.78 is 22.5. The van der Waals surface area contributed by atoms with Crippen molar-refractivity contribution in [2.75, 3.05) is 16.0 Å². The summed E-state index contributed by atoms with van der Waals surface area (Å²) in [7, 11) is -3.80. The third-order valence-electron chi connectivity index (χ3n) is 4.11. The molecular formula is C20H24N4O5S. The number of anilines is 3. The first-order valence-corrected chi connectivity index (χ1v) is 10.7. The monoisotopic (exact) mass is 432 g/mol. The van der Waals surface area contributed by atoms with Crippen LogP contribution in [0.1, 0.15) is 26.7 Å². The van der Waals surface area contributed by atoms with Crippen molar-refractivity contribution < 1.29 is 22.8 Å². The van der Waals surface area contributed by atoms with Crippen molar-refractivity contribution in [3.05, 3.63) is 48.5 Å². The molecule has 0 heterocycles. The molecule has 0 unspecified atom stereocenters. The smallest absolute Gasteiger partial charge is 0.323 e. The minimum Gasteiger partial charge on any atom is -0.326 e. The van der Waals surface area contributed by atoms with Gasteiger partial charge in [0.2, 0.25) is 15.9 Å². The maximum atomic E-state index is 12.1. The van der Waals surface area contributed by atoms with Crippen LogP contribution >= 0.6 is 0 Å². The first kappa shape index (κ1) is 23.0. The molecule has 160 valence electrons. The fourth-order valence-corrected chi connectivity index (χ4v) is 2.92. The zero-order valence-corrected chi connectivity index (χ0v) is 17.5. The number of nitrogens with one attached hydrogen (secondary N) is 3. The standard InChI is InChI=1S/C20H24N4O5S/c1-13(2)18(25)11-12-19(26)22-14-3-5-15(6-4-14)23-20(27)24-16-7-9-17(10-8-16)30(21,28)29/h3-10,13H,11-12H2,1-2H3,(H,22,26)(H2,21,28,29)(H2,23,24,27). The predicted molar refractivity (Wildman–Crippen MR) is 115 cm³/mol. The van der Waals surface area contributed by atoms with Gasteiger partial charge in [-0.15, -0.1) is 0 Å². The van der Waals surface area contributed by atoms with Crippen molar-refractivity contribution in [2.45, 2.75) is 31.6 Å². The number of Topliss-reactive ketones (excluding diaryl/α,β-unsaturated/α-hetero) is 1. The van der Waals surface area contributed by atoms with Gasteiger partial charge in [0, 0.05) is 35.8 Å². The number of ketones is 1. The lowest BCUT2D eigenvalue weighted by atomic mass is 10.0. The molecule has 0 aliphatic carbocycles. The number of amides is 3. The summed E-state index contributed by atoms with van der Waals surface area (Å²) in [6, 6.07) is 11.4. The normalized spacial score (nSPS) is 11.1. The molecule has 0 aliphatic rings. The Hall–Kier alpha value is -3.24. The Kier molecular flexibility index (Phi) is 7.67. The van der Waals surface area contributed by atoms with Gasteiger partial charge in [-0.1, -0.05) is 13.8 Å².